The molecule has 12 nitrogen and oxygen atoms in total. The second kappa shape index (κ2) is 4.69. The number of nitrogens with two attached hydrogens (primary N) is 1. The number of aliphatic hydroxyl groups is 4. The third kappa shape index (κ3) is 1.82. The molecule has 3 aliphatic heterocycles. The molecule has 3 aliphatic rings. The number of amides is 3. The zero-order valence-electron chi connectivity index (χ0n) is 10.9. The molecule has 0 bridgehead atoms. The van der Waals surface area contributed by atoms with Crippen molar-refractivity contribution >= 4 is 23.7 Å². The van der Waals surface area contributed by atoms with Gasteiger partial charge in [-0.05, 0) is 0 Å². The van der Waals surface area contributed by atoms with Gasteiger partial charge in [0.15, 0.2) is 12.1 Å². The lowest BCUT2D eigenvalue weighted by molar-refractivity contribution is -0.131. The number of hydrogen-bond acceptors (Lipinski definition) is 9. The topological polar surface area (TPSA) is 190 Å². The summed E-state index contributed by atoms with van der Waals surface area (Å²) >= 11 is 0. The van der Waals surface area contributed by atoms with Crippen LogP contribution in [0, 0.1) is 0 Å². The first-order valence-corrected chi connectivity index (χ1v) is 6.23. The van der Waals surface area contributed by atoms with E-state index in [1.165, 1.54) is 0 Å². The molecule has 120 valence electrons. The summed E-state index contributed by atoms with van der Waals surface area (Å²) in [7, 11) is 0. The lowest BCUT2D eigenvalue weighted by Crippen LogP contribution is -2.57. The predicted octanol–water partition coefficient (Wildman–Crippen LogP) is -4.61. The first-order chi connectivity index (χ1) is 10.3. The molecule has 0 radical (unpaired) electrons. The smallest absolute Gasteiger partial charge is 0.328 e. The molecule has 5 atom stereocenters. The Hall–Kier alpha value is -2.12. The third-order valence-corrected chi connectivity index (χ3v) is 3.58. The molecule has 22 heavy (non-hydrogen) atoms. The molecular weight excluding hydrogens is 302 g/mol. The molecule has 2 fully saturated rings. The van der Waals surface area contributed by atoms with Crippen LogP contribution in [0.25, 0.3) is 0 Å². The largest absolute Gasteiger partial charge is 0.394 e. The van der Waals surface area contributed by atoms with E-state index in [-0.39, 0.29) is 0 Å². The van der Waals surface area contributed by atoms with Crippen molar-refractivity contribution in [3.8, 4) is 0 Å². The summed E-state index contributed by atoms with van der Waals surface area (Å²) in [5.74, 6) is -2.17. The lowest BCUT2D eigenvalue weighted by atomic mass is 10.1. The van der Waals surface area contributed by atoms with Crippen LogP contribution in [-0.4, -0.2) is 85.9 Å². The molecule has 3 heterocycles. The summed E-state index contributed by atoms with van der Waals surface area (Å²) in [5, 5.41) is 40.9. The van der Waals surface area contributed by atoms with Crippen molar-refractivity contribution in [2.24, 2.45) is 15.7 Å². The number of guanidine groups is 1. The van der Waals surface area contributed by atoms with E-state index in [4.69, 9.17) is 15.6 Å². The van der Waals surface area contributed by atoms with Gasteiger partial charge in [-0.25, -0.2) is 9.69 Å². The van der Waals surface area contributed by atoms with E-state index >= 15 is 0 Å². The quantitative estimate of drug-likeness (QED) is 0.293. The monoisotopic (exact) mass is 315 g/mol. The molecule has 0 aromatic heterocycles. The van der Waals surface area contributed by atoms with Crippen LogP contribution in [-0.2, 0) is 9.53 Å². The van der Waals surface area contributed by atoms with Crippen LogP contribution >= 0.6 is 0 Å². The van der Waals surface area contributed by atoms with Gasteiger partial charge in [0.1, 0.15) is 18.3 Å². The van der Waals surface area contributed by atoms with Crippen molar-refractivity contribution in [2.45, 2.75) is 30.3 Å². The molecule has 0 spiro atoms. The first-order valence-electron chi connectivity index (χ1n) is 6.23. The number of amidine groups is 1. The zero-order chi connectivity index (χ0) is 16.2. The molecule has 3 rings (SSSR count). The highest BCUT2D eigenvalue weighted by Crippen LogP contribution is 2.30. The van der Waals surface area contributed by atoms with Crippen LogP contribution in [0.15, 0.2) is 9.98 Å². The Kier molecular flexibility index (Phi) is 3.15. The third-order valence-electron chi connectivity index (χ3n) is 3.58. The maximum absolute atomic E-state index is 12.0. The standard InChI is InChI=1S/C10H13N5O7/c11-8-12-6-10(21,7(19)13-8)14-9(20)15(6)5-4(18)3(17)2(1-16)22-5/h2-5,16-18,21H,1H2,(H,14,20)(H2,11,13,19)/t2-,3?,4?,5-,10?/m1/s1. The Morgan fingerprint density at radius 1 is 1.32 bits per heavy atom. The number of aliphatic imine (C=N–C) groups is 2. The number of urea groups is 1. The molecule has 0 aromatic carbocycles. The molecule has 0 aromatic rings. The maximum Gasteiger partial charge on any atom is 0.328 e. The van der Waals surface area contributed by atoms with E-state index in [2.05, 4.69) is 9.98 Å². The van der Waals surface area contributed by atoms with Crippen molar-refractivity contribution < 1.29 is 34.8 Å². The molecule has 3 amide bonds. The summed E-state index contributed by atoms with van der Waals surface area (Å²) in [6.45, 7) is -0.608. The van der Waals surface area contributed by atoms with Gasteiger partial charge >= 0.3 is 11.9 Å². The van der Waals surface area contributed by atoms with Gasteiger partial charge in [0.25, 0.3) is 5.72 Å². The van der Waals surface area contributed by atoms with E-state index in [1.54, 1.807) is 0 Å². The van der Waals surface area contributed by atoms with Crippen LogP contribution in [0.1, 0.15) is 0 Å². The van der Waals surface area contributed by atoms with Crippen molar-refractivity contribution in [3.63, 3.8) is 0 Å². The van der Waals surface area contributed by atoms with Gasteiger partial charge in [-0.3, -0.25) is 10.1 Å². The Balaban J connectivity index is 1.99. The number of carbonyl (C=O) groups is 2. The van der Waals surface area contributed by atoms with E-state index in [1.807, 2.05) is 5.32 Å². The Morgan fingerprint density at radius 2 is 2.00 bits per heavy atom. The fourth-order valence-corrected chi connectivity index (χ4v) is 2.47. The molecule has 2 saturated heterocycles. The van der Waals surface area contributed by atoms with Gasteiger partial charge in [-0.1, -0.05) is 0 Å². The Labute approximate surface area is 122 Å². The highest BCUT2D eigenvalue weighted by Gasteiger charge is 2.60. The second-order valence-electron chi connectivity index (χ2n) is 4.95. The van der Waals surface area contributed by atoms with E-state index in [9.17, 15) is 24.9 Å². The van der Waals surface area contributed by atoms with Gasteiger partial charge in [0, 0.05) is 0 Å². The van der Waals surface area contributed by atoms with Crippen LogP contribution < -0.4 is 11.1 Å². The molecule has 7 N–H and O–H groups in total. The highest BCUT2D eigenvalue weighted by atomic mass is 16.6. The van der Waals surface area contributed by atoms with E-state index in [0.717, 1.165) is 0 Å². The van der Waals surface area contributed by atoms with Crippen molar-refractivity contribution in [3.05, 3.63) is 0 Å². The molecular formula is C10H13N5O7. The van der Waals surface area contributed by atoms with Crippen LogP contribution in [0.2, 0.25) is 0 Å². The number of fused-ring (bicyclic) bond motifs is 1. The minimum atomic E-state index is -2.52. The van der Waals surface area contributed by atoms with Crippen LogP contribution in [0.3, 0.4) is 0 Å². The number of nitrogens with zero attached hydrogens (tertiary/aromatic N) is 3. The fraction of sp³-hybridized carbons (Fsp3) is 0.600. The second-order valence-corrected chi connectivity index (χ2v) is 4.95. The zero-order valence-corrected chi connectivity index (χ0v) is 10.9. The average Bonchev–Trinajstić information content (AvgIpc) is 2.86. The van der Waals surface area contributed by atoms with Gasteiger partial charge in [-0.2, -0.15) is 9.98 Å². The summed E-state index contributed by atoms with van der Waals surface area (Å²) in [6.07, 6.45) is -5.68. The number of hydrogen-bond donors (Lipinski definition) is 6. The summed E-state index contributed by atoms with van der Waals surface area (Å²) in [5.41, 5.74) is 2.81. The molecule has 12 heteroatoms. The molecule has 0 saturated carbocycles. The molecule has 0 aliphatic carbocycles. The summed E-state index contributed by atoms with van der Waals surface area (Å²) in [6, 6.07) is -1.01. The van der Waals surface area contributed by atoms with Gasteiger partial charge in [-0.15, -0.1) is 0 Å². The number of carbonyl (C=O) groups excluding carboxylic acids is 2. The normalized spacial score (nSPS) is 41.2. The Bertz CT molecular complexity index is 606. The minimum absolute atomic E-state index is 0.488. The van der Waals surface area contributed by atoms with E-state index in [0.29, 0.717) is 4.90 Å². The van der Waals surface area contributed by atoms with Crippen LogP contribution in [0.5, 0.6) is 0 Å². The van der Waals surface area contributed by atoms with Gasteiger partial charge in [0.2, 0.25) is 5.96 Å². The number of rotatable bonds is 2. The number of nitrogens with one attached hydrogen (secondary N) is 1. The van der Waals surface area contributed by atoms with Gasteiger partial charge in [0.05, 0.1) is 6.61 Å². The summed E-state index contributed by atoms with van der Waals surface area (Å²) in [4.78, 5) is 31.3. The van der Waals surface area contributed by atoms with Crippen LogP contribution in [0.4, 0.5) is 4.79 Å². The number of ether oxygens (including phenoxy) is 1. The van der Waals surface area contributed by atoms with Gasteiger partial charge < -0.3 is 30.9 Å². The summed E-state index contributed by atoms with van der Waals surface area (Å²) < 4.78 is 5.19. The van der Waals surface area contributed by atoms with Crippen molar-refractivity contribution in [1.29, 1.82) is 0 Å². The van der Waals surface area contributed by atoms with Crippen molar-refractivity contribution in [2.75, 3.05) is 6.61 Å². The Morgan fingerprint density at radius 3 is 2.59 bits per heavy atom. The lowest BCUT2D eigenvalue weighted by Gasteiger charge is -2.28. The van der Waals surface area contributed by atoms with Crippen molar-refractivity contribution in [1.82, 2.24) is 10.2 Å². The highest BCUT2D eigenvalue weighted by molar-refractivity contribution is 6.26. The number of aliphatic hydroxyl groups excluding tert-OH is 3. The average molecular weight is 315 g/mol. The fourth-order valence-electron chi connectivity index (χ4n) is 2.47. The SMILES string of the molecule is NC1=NC(=O)C2(O)NC(=O)N([C@@H]3O[C@H](CO)C(O)C3O)C2=N1. The first kappa shape index (κ1) is 14.8. The predicted molar refractivity (Wildman–Crippen MR) is 67.1 cm³/mol. The molecule has 3 unspecified atom stereocenters. The minimum Gasteiger partial charge on any atom is -0.394 e. The maximum atomic E-state index is 12.0. The van der Waals surface area contributed by atoms with E-state index < -0.39 is 60.6 Å².